The molecular formula is C22H20N6O4S2. The predicted molar refractivity (Wildman–Crippen MR) is 125 cm³/mol. The van der Waals surface area contributed by atoms with E-state index in [0.717, 1.165) is 23.4 Å². The van der Waals surface area contributed by atoms with Crippen LogP contribution in [0.4, 0.5) is 0 Å². The Balaban J connectivity index is 1.13. The van der Waals surface area contributed by atoms with Crippen LogP contribution in [0.25, 0.3) is 11.0 Å². The van der Waals surface area contributed by atoms with Crippen molar-refractivity contribution in [3.63, 3.8) is 0 Å². The molecule has 0 radical (unpaired) electrons. The smallest absolute Gasteiger partial charge is 0.289 e. The van der Waals surface area contributed by atoms with E-state index in [9.17, 15) is 14.4 Å². The average molecular weight is 497 g/mol. The van der Waals surface area contributed by atoms with Gasteiger partial charge in [0.15, 0.2) is 0 Å². The van der Waals surface area contributed by atoms with Crippen molar-refractivity contribution < 1.29 is 19.0 Å². The summed E-state index contributed by atoms with van der Waals surface area (Å²) in [6, 6.07) is 7.00. The molecule has 0 atom stereocenters. The van der Waals surface area contributed by atoms with Gasteiger partial charge in [0.25, 0.3) is 11.8 Å². The van der Waals surface area contributed by atoms with Crippen molar-refractivity contribution in [2.24, 2.45) is 0 Å². The lowest BCUT2D eigenvalue weighted by molar-refractivity contribution is -0.121. The highest BCUT2D eigenvalue weighted by Crippen LogP contribution is 2.31. The molecule has 3 aromatic heterocycles. The van der Waals surface area contributed by atoms with Crippen LogP contribution in [0.5, 0.6) is 0 Å². The molecule has 2 N–H and O–H groups in total. The molecule has 1 aromatic carbocycles. The SMILES string of the molecule is O=C(Cc1ccsc1)NNC(=O)c1csc(C2CCN(C(=O)c3ccc4nonc4c3)CC2)n1. The van der Waals surface area contributed by atoms with E-state index in [4.69, 9.17) is 4.63 Å². The summed E-state index contributed by atoms with van der Waals surface area (Å²) in [5.41, 5.74) is 7.72. The topological polar surface area (TPSA) is 130 Å². The fourth-order valence-corrected chi connectivity index (χ4v) is 5.46. The zero-order valence-electron chi connectivity index (χ0n) is 17.9. The van der Waals surface area contributed by atoms with Crippen LogP contribution in [0.3, 0.4) is 0 Å². The molecule has 5 rings (SSSR count). The van der Waals surface area contributed by atoms with Gasteiger partial charge in [0, 0.05) is 30.0 Å². The second-order valence-corrected chi connectivity index (χ2v) is 9.59. The van der Waals surface area contributed by atoms with Gasteiger partial charge in [-0.2, -0.15) is 11.3 Å². The minimum absolute atomic E-state index is 0.0549. The third-order valence-electron chi connectivity index (χ3n) is 5.65. The van der Waals surface area contributed by atoms with Crippen LogP contribution in [-0.4, -0.2) is 51.0 Å². The Labute approximate surface area is 201 Å². The number of rotatable bonds is 5. The summed E-state index contributed by atoms with van der Waals surface area (Å²) in [6.45, 7) is 1.19. The standard InChI is InChI=1S/C22H20N6O4S2/c29-19(9-13-5-8-33-11-13)24-25-20(30)18-12-34-21(23-18)14-3-6-28(7-4-14)22(31)15-1-2-16-17(10-15)27-32-26-16/h1-2,5,8,10-12,14H,3-4,6-7,9H2,(H,24,29)(H,25,30). The number of hydrogen-bond acceptors (Lipinski definition) is 9. The number of fused-ring (bicyclic) bond motifs is 1. The van der Waals surface area contributed by atoms with E-state index < -0.39 is 5.91 Å². The van der Waals surface area contributed by atoms with Gasteiger partial charge in [-0.1, -0.05) is 0 Å². The van der Waals surface area contributed by atoms with Crippen LogP contribution in [0.1, 0.15) is 50.2 Å². The molecule has 0 saturated carbocycles. The number of likely N-dealkylation sites (tertiary alicyclic amines) is 1. The lowest BCUT2D eigenvalue weighted by Gasteiger charge is -2.31. The summed E-state index contributed by atoms with van der Waals surface area (Å²) in [7, 11) is 0. The first-order chi connectivity index (χ1) is 16.6. The van der Waals surface area contributed by atoms with E-state index in [1.165, 1.54) is 22.7 Å². The van der Waals surface area contributed by atoms with Crippen LogP contribution in [0, 0.1) is 0 Å². The summed E-state index contributed by atoms with van der Waals surface area (Å²) in [6.07, 6.45) is 1.71. The van der Waals surface area contributed by atoms with E-state index in [1.54, 1.807) is 23.6 Å². The van der Waals surface area contributed by atoms with Crippen LogP contribution in [0.2, 0.25) is 0 Å². The molecule has 10 nitrogen and oxygen atoms in total. The number of hydrogen-bond donors (Lipinski definition) is 2. The Morgan fingerprint density at radius 1 is 1.06 bits per heavy atom. The fourth-order valence-electron chi connectivity index (χ4n) is 3.82. The van der Waals surface area contributed by atoms with Crippen molar-refractivity contribution in [3.8, 4) is 0 Å². The normalized spacial score (nSPS) is 14.3. The summed E-state index contributed by atoms with van der Waals surface area (Å²) < 4.78 is 4.70. The highest BCUT2D eigenvalue weighted by atomic mass is 32.1. The summed E-state index contributed by atoms with van der Waals surface area (Å²) in [5, 5.41) is 13.9. The molecule has 1 fully saturated rings. The molecule has 12 heteroatoms. The van der Waals surface area contributed by atoms with Gasteiger partial charge in [-0.3, -0.25) is 25.2 Å². The number of aromatic nitrogens is 3. The molecular weight excluding hydrogens is 476 g/mol. The number of nitrogens with one attached hydrogen (secondary N) is 2. The zero-order valence-corrected chi connectivity index (χ0v) is 19.5. The van der Waals surface area contributed by atoms with E-state index in [-0.39, 0.29) is 29.8 Å². The lowest BCUT2D eigenvalue weighted by Crippen LogP contribution is -2.42. The van der Waals surface area contributed by atoms with Crippen molar-refractivity contribution >= 4 is 51.4 Å². The van der Waals surface area contributed by atoms with Crippen molar-refractivity contribution in [1.29, 1.82) is 0 Å². The van der Waals surface area contributed by atoms with Gasteiger partial charge >= 0.3 is 0 Å². The molecule has 4 aromatic rings. The number of carbonyl (C=O) groups is 3. The van der Waals surface area contributed by atoms with E-state index in [1.807, 2.05) is 21.7 Å². The lowest BCUT2D eigenvalue weighted by atomic mass is 9.97. The fraction of sp³-hybridized carbons (Fsp3) is 0.273. The first kappa shape index (κ1) is 22.2. The summed E-state index contributed by atoms with van der Waals surface area (Å²) in [4.78, 5) is 43.5. The van der Waals surface area contributed by atoms with Crippen LogP contribution in [-0.2, 0) is 11.2 Å². The number of thiazole rings is 1. The van der Waals surface area contributed by atoms with Gasteiger partial charge in [-0.25, -0.2) is 9.61 Å². The molecule has 0 bridgehead atoms. The molecule has 4 heterocycles. The van der Waals surface area contributed by atoms with Crippen molar-refractivity contribution in [2.45, 2.75) is 25.2 Å². The maximum atomic E-state index is 12.9. The van der Waals surface area contributed by atoms with Crippen molar-refractivity contribution in [3.05, 3.63) is 62.2 Å². The number of thiophene rings is 1. The van der Waals surface area contributed by atoms with Gasteiger partial charge in [0.05, 0.1) is 11.4 Å². The maximum Gasteiger partial charge on any atom is 0.289 e. The largest absolute Gasteiger partial charge is 0.339 e. The molecule has 174 valence electrons. The highest BCUT2D eigenvalue weighted by Gasteiger charge is 2.27. The molecule has 1 saturated heterocycles. The molecule has 0 spiro atoms. The first-order valence-corrected chi connectivity index (χ1v) is 12.5. The Bertz CT molecular complexity index is 1320. The average Bonchev–Trinajstić information content (AvgIpc) is 3.63. The number of amides is 3. The van der Waals surface area contributed by atoms with E-state index in [2.05, 4.69) is 26.1 Å². The van der Waals surface area contributed by atoms with E-state index >= 15 is 0 Å². The van der Waals surface area contributed by atoms with Crippen molar-refractivity contribution in [2.75, 3.05) is 13.1 Å². The highest BCUT2D eigenvalue weighted by molar-refractivity contribution is 7.10. The second kappa shape index (κ2) is 9.69. The Kier molecular flexibility index (Phi) is 6.32. The molecule has 0 unspecified atom stereocenters. The number of piperidine rings is 1. The van der Waals surface area contributed by atoms with Gasteiger partial charge < -0.3 is 4.90 Å². The number of nitrogens with zero attached hydrogens (tertiary/aromatic N) is 4. The predicted octanol–water partition coefficient (Wildman–Crippen LogP) is 2.76. The summed E-state index contributed by atoms with van der Waals surface area (Å²) >= 11 is 2.93. The molecule has 0 aliphatic carbocycles. The molecule has 3 amide bonds. The van der Waals surface area contributed by atoms with Crippen LogP contribution < -0.4 is 10.9 Å². The number of benzene rings is 1. The zero-order chi connectivity index (χ0) is 23.5. The van der Waals surface area contributed by atoms with Gasteiger partial charge in [-0.15, -0.1) is 11.3 Å². The van der Waals surface area contributed by atoms with Crippen LogP contribution in [0.15, 0.2) is 45.0 Å². The third kappa shape index (κ3) is 4.82. The van der Waals surface area contributed by atoms with Crippen LogP contribution >= 0.6 is 22.7 Å². The maximum absolute atomic E-state index is 12.9. The minimum Gasteiger partial charge on any atom is -0.339 e. The monoisotopic (exact) mass is 496 g/mol. The Morgan fingerprint density at radius 2 is 1.88 bits per heavy atom. The molecule has 1 aliphatic rings. The van der Waals surface area contributed by atoms with Gasteiger partial charge in [0.2, 0.25) is 5.91 Å². The van der Waals surface area contributed by atoms with Crippen molar-refractivity contribution in [1.82, 2.24) is 31.0 Å². The Morgan fingerprint density at radius 3 is 2.68 bits per heavy atom. The quantitative estimate of drug-likeness (QED) is 0.406. The third-order valence-corrected chi connectivity index (χ3v) is 7.39. The first-order valence-electron chi connectivity index (χ1n) is 10.6. The number of carbonyl (C=O) groups excluding carboxylic acids is 3. The summed E-state index contributed by atoms with van der Waals surface area (Å²) in [5.74, 6) is -0.628. The molecule has 34 heavy (non-hydrogen) atoms. The molecule has 1 aliphatic heterocycles. The second-order valence-electron chi connectivity index (χ2n) is 7.92. The van der Waals surface area contributed by atoms with E-state index in [0.29, 0.717) is 29.7 Å². The van der Waals surface area contributed by atoms with Gasteiger partial charge in [0.1, 0.15) is 16.7 Å². The minimum atomic E-state index is -0.452. The Hall–Kier alpha value is -3.64. The van der Waals surface area contributed by atoms with Gasteiger partial charge in [-0.05, 0) is 63.7 Å². The number of hydrazine groups is 1.